The van der Waals surface area contributed by atoms with E-state index in [2.05, 4.69) is 52.2 Å². The Morgan fingerprint density at radius 2 is 1.88 bits per heavy atom. The quantitative estimate of drug-likeness (QED) is 0.144. The number of thioether (sulfide) groups is 1. The van der Waals surface area contributed by atoms with E-state index in [0.717, 1.165) is 19.6 Å². The molecule has 0 fully saturated rings. The van der Waals surface area contributed by atoms with Crippen LogP contribution in [-0.2, 0) is 11.4 Å². The van der Waals surface area contributed by atoms with Crippen molar-refractivity contribution in [2.45, 2.75) is 18.4 Å². The average molecular weight is 581 g/mol. The van der Waals surface area contributed by atoms with E-state index in [1.165, 1.54) is 17.3 Å². The van der Waals surface area contributed by atoms with E-state index in [0.29, 0.717) is 23.1 Å². The minimum atomic E-state index is -0.194. The van der Waals surface area contributed by atoms with E-state index in [9.17, 15) is 4.79 Å². The first-order valence-electron chi connectivity index (χ1n) is 9.71. The standard InChI is InChI=1S/C24H22ClIN2O3S/c1-16-3-5-17(6-4-16)14-31-24-21(26)11-18(12-22(24)30-2)13-27-28-23(29)15-32-20-9-7-19(25)8-10-20/h3-13H,14-15H2,1-2H3,(H,28,29)/b27-13-. The number of nitrogens with one attached hydrogen (secondary N) is 1. The zero-order chi connectivity index (χ0) is 22.9. The Morgan fingerprint density at radius 1 is 1.16 bits per heavy atom. The number of hydrogen-bond donors (Lipinski definition) is 1. The molecule has 0 spiro atoms. The second-order valence-corrected chi connectivity index (χ2v) is 9.49. The molecule has 3 aromatic rings. The van der Waals surface area contributed by atoms with Gasteiger partial charge in [0, 0.05) is 9.92 Å². The third-order valence-corrected chi connectivity index (χ3v) is 6.41. The summed E-state index contributed by atoms with van der Waals surface area (Å²) in [6.45, 7) is 2.50. The third kappa shape index (κ3) is 7.43. The van der Waals surface area contributed by atoms with Crippen LogP contribution in [0.5, 0.6) is 11.5 Å². The minimum Gasteiger partial charge on any atom is -0.493 e. The molecule has 0 aliphatic heterocycles. The van der Waals surface area contributed by atoms with E-state index in [1.54, 1.807) is 25.5 Å². The summed E-state index contributed by atoms with van der Waals surface area (Å²) >= 11 is 9.49. The van der Waals surface area contributed by atoms with Gasteiger partial charge in [0.25, 0.3) is 0 Å². The number of ether oxygens (including phenoxy) is 2. The topological polar surface area (TPSA) is 59.9 Å². The van der Waals surface area contributed by atoms with Crippen LogP contribution in [0.4, 0.5) is 0 Å². The SMILES string of the molecule is COc1cc(/C=N\NC(=O)CSc2ccc(Cl)cc2)cc(I)c1OCc1ccc(C)cc1. The van der Waals surface area contributed by atoms with Crippen LogP contribution in [0, 0.1) is 10.5 Å². The zero-order valence-electron chi connectivity index (χ0n) is 17.6. The van der Waals surface area contributed by atoms with Gasteiger partial charge in [-0.2, -0.15) is 5.10 Å². The van der Waals surface area contributed by atoms with Gasteiger partial charge < -0.3 is 9.47 Å². The number of carbonyl (C=O) groups is 1. The monoisotopic (exact) mass is 580 g/mol. The number of nitrogens with zero attached hydrogens (tertiary/aromatic N) is 1. The summed E-state index contributed by atoms with van der Waals surface area (Å²) in [6.07, 6.45) is 1.58. The maximum atomic E-state index is 12.0. The van der Waals surface area contributed by atoms with Gasteiger partial charge in [0.15, 0.2) is 11.5 Å². The maximum absolute atomic E-state index is 12.0. The molecule has 0 aliphatic carbocycles. The zero-order valence-corrected chi connectivity index (χ0v) is 21.3. The highest BCUT2D eigenvalue weighted by Crippen LogP contribution is 2.34. The molecular formula is C24H22ClIN2O3S. The van der Waals surface area contributed by atoms with Gasteiger partial charge in [0.05, 0.1) is 22.6 Å². The van der Waals surface area contributed by atoms with Gasteiger partial charge in [-0.05, 0) is 77.0 Å². The summed E-state index contributed by atoms with van der Waals surface area (Å²) in [4.78, 5) is 13.0. The van der Waals surface area contributed by atoms with Crippen molar-refractivity contribution in [1.29, 1.82) is 0 Å². The van der Waals surface area contributed by atoms with Crippen LogP contribution in [0.1, 0.15) is 16.7 Å². The van der Waals surface area contributed by atoms with Crippen molar-refractivity contribution in [3.05, 3.63) is 85.9 Å². The molecule has 3 aromatic carbocycles. The fraction of sp³-hybridized carbons (Fsp3) is 0.167. The molecule has 0 aliphatic rings. The van der Waals surface area contributed by atoms with Crippen molar-refractivity contribution >= 4 is 58.1 Å². The summed E-state index contributed by atoms with van der Waals surface area (Å²) in [7, 11) is 1.60. The first-order valence-corrected chi connectivity index (χ1v) is 12.1. The largest absolute Gasteiger partial charge is 0.493 e. The molecule has 0 saturated heterocycles. The predicted octanol–water partition coefficient (Wildman–Crippen LogP) is 6.08. The van der Waals surface area contributed by atoms with Crippen molar-refractivity contribution in [2.75, 3.05) is 12.9 Å². The van der Waals surface area contributed by atoms with Crippen LogP contribution < -0.4 is 14.9 Å². The van der Waals surface area contributed by atoms with Crippen LogP contribution in [0.2, 0.25) is 5.02 Å². The Hall–Kier alpha value is -2.23. The molecule has 0 saturated carbocycles. The molecule has 3 rings (SSSR count). The molecular weight excluding hydrogens is 559 g/mol. The van der Waals surface area contributed by atoms with Gasteiger partial charge in [0.2, 0.25) is 5.91 Å². The van der Waals surface area contributed by atoms with Crippen LogP contribution in [0.15, 0.2) is 70.7 Å². The number of methoxy groups -OCH3 is 1. The predicted molar refractivity (Wildman–Crippen MR) is 139 cm³/mol. The molecule has 0 aromatic heterocycles. The highest BCUT2D eigenvalue weighted by atomic mass is 127. The van der Waals surface area contributed by atoms with Crippen molar-refractivity contribution in [3.8, 4) is 11.5 Å². The van der Waals surface area contributed by atoms with E-state index >= 15 is 0 Å². The van der Waals surface area contributed by atoms with E-state index in [-0.39, 0.29) is 11.7 Å². The van der Waals surface area contributed by atoms with Crippen molar-refractivity contribution in [3.63, 3.8) is 0 Å². The normalized spacial score (nSPS) is 10.9. The Morgan fingerprint density at radius 3 is 2.56 bits per heavy atom. The molecule has 8 heteroatoms. The Kier molecular flexibility index (Phi) is 9.25. The van der Waals surface area contributed by atoms with Crippen molar-refractivity contribution in [2.24, 2.45) is 5.10 Å². The van der Waals surface area contributed by atoms with Gasteiger partial charge >= 0.3 is 0 Å². The minimum absolute atomic E-state index is 0.194. The number of halogens is 2. The first-order chi connectivity index (χ1) is 15.4. The van der Waals surface area contributed by atoms with Crippen molar-refractivity contribution in [1.82, 2.24) is 5.43 Å². The van der Waals surface area contributed by atoms with Gasteiger partial charge in [-0.15, -0.1) is 11.8 Å². The molecule has 0 radical (unpaired) electrons. The van der Waals surface area contributed by atoms with Gasteiger partial charge in [-0.1, -0.05) is 41.4 Å². The molecule has 0 atom stereocenters. The first kappa shape index (κ1) is 24.4. The number of amides is 1. The van der Waals surface area contributed by atoms with Crippen LogP contribution in [-0.4, -0.2) is 25.0 Å². The highest BCUT2D eigenvalue weighted by molar-refractivity contribution is 14.1. The second kappa shape index (κ2) is 12.1. The van der Waals surface area contributed by atoms with Crippen LogP contribution in [0.25, 0.3) is 0 Å². The highest BCUT2D eigenvalue weighted by Gasteiger charge is 2.12. The van der Waals surface area contributed by atoms with Crippen molar-refractivity contribution < 1.29 is 14.3 Å². The molecule has 1 N–H and O–H groups in total. The number of hydrazone groups is 1. The number of rotatable bonds is 9. The lowest BCUT2D eigenvalue weighted by Gasteiger charge is -2.13. The van der Waals surface area contributed by atoms with E-state index in [4.69, 9.17) is 21.1 Å². The Bertz CT molecular complexity index is 1090. The van der Waals surface area contributed by atoms with Gasteiger partial charge in [-0.3, -0.25) is 4.79 Å². The molecule has 0 unspecified atom stereocenters. The molecule has 0 bridgehead atoms. The summed E-state index contributed by atoms with van der Waals surface area (Å²) in [5.41, 5.74) is 5.63. The summed E-state index contributed by atoms with van der Waals surface area (Å²) in [5, 5.41) is 4.72. The third-order valence-electron chi connectivity index (χ3n) is 4.34. The molecule has 32 heavy (non-hydrogen) atoms. The lowest BCUT2D eigenvalue weighted by Crippen LogP contribution is -2.19. The fourth-order valence-corrected chi connectivity index (χ4v) is 4.28. The Labute approximate surface area is 210 Å². The summed E-state index contributed by atoms with van der Waals surface area (Å²) in [5.74, 6) is 1.34. The number of benzene rings is 3. The number of carbonyl (C=O) groups excluding carboxylic acids is 1. The fourth-order valence-electron chi connectivity index (χ4n) is 2.68. The summed E-state index contributed by atoms with van der Waals surface area (Å²) in [6, 6.07) is 19.3. The summed E-state index contributed by atoms with van der Waals surface area (Å²) < 4.78 is 12.4. The van der Waals surface area contributed by atoms with E-state index in [1.807, 2.05) is 36.4 Å². The van der Waals surface area contributed by atoms with Crippen LogP contribution in [0.3, 0.4) is 0 Å². The number of hydrogen-bond acceptors (Lipinski definition) is 5. The lowest BCUT2D eigenvalue weighted by atomic mass is 10.2. The smallest absolute Gasteiger partial charge is 0.250 e. The van der Waals surface area contributed by atoms with Crippen LogP contribution >= 0.6 is 46.0 Å². The molecule has 166 valence electrons. The van der Waals surface area contributed by atoms with E-state index < -0.39 is 0 Å². The molecule has 0 heterocycles. The molecule has 1 amide bonds. The van der Waals surface area contributed by atoms with Gasteiger partial charge in [-0.25, -0.2) is 5.43 Å². The lowest BCUT2D eigenvalue weighted by molar-refractivity contribution is -0.118. The second-order valence-electron chi connectivity index (χ2n) is 6.84. The average Bonchev–Trinajstić information content (AvgIpc) is 2.79. The number of aryl methyl sites for hydroxylation is 1. The Balaban J connectivity index is 1.57. The molecule has 5 nitrogen and oxygen atoms in total. The van der Waals surface area contributed by atoms with Gasteiger partial charge in [0.1, 0.15) is 6.61 Å². The maximum Gasteiger partial charge on any atom is 0.250 e.